The Labute approximate surface area is 89.8 Å². The van der Waals surface area contributed by atoms with Gasteiger partial charge in [-0.15, -0.1) is 0 Å². The maximum Gasteiger partial charge on any atom is 0.0569 e. The normalized spacial score (nSPS) is 12.4. The zero-order chi connectivity index (χ0) is 10.7. The molecule has 1 heterocycles. The van der Waals surface area contributed by atoms with Crippen LogP contribution in [0.2, 0.25) is 0 Å². The number of nitrogens with two attached hydrogens (primary N) is 1. The molecule has 0 aliphatic heterocycles. The highest BCUT2D eigenvalue weighted by Crippen LogP contribution is 2.20. The monoisotopic (exact) mass is 198 g/mol. The Morgan fingerprint density at radius 2 is 1.87 bits per heavy atom. The molecule has 0 saturated carbocycles. The van der Waals surface area contributed by atoms with Gasteiger partial charge in [0.1, 0.15) is 0 Å². The lowest BCUT2D eigenvalue weighted by molar-refractivity contribution is 0.853. The van der Waals surface area contributed by atoms with E-state index >= 15 is 0 Å². The van der Waals surface area contributed by atoms with E-state index in [-0.39, 0.29) is 6.04 Å². The lowest BCUT2D eigenvalue weighted by atomic mass is 9.98. The van der Waals surface area contributed by atoms with Crippen LogP contribution in [0.15, 0.2) is 48.8 Å². The van der Waals surface area contributed by atoms with Crippen molar-refractivity contribution >= 4 is 0 Å². The number of rotatable bonds is 2. The highest BCUT2D eigenvalue weighted by Gasteiger charge is 2.10. The van der Waals surface area contributed by atoms with Crippen molar-refractivity contribution in [3.63, 3.8) is 0 Å². The van der Waals surface area contributed by atoms with Crippen LogP contribution in [0.25, 0.3) is 0 Å². The number of benzene rings is 1. The SMILES string of the molecule is Cc1ccncc1C(N)c1ccccc1. The number of nitrogens with zero attached hydrogens (tertiary/aromatic N) is 1. The summed E-state index contributed by atoms with van der Waals surface area (Å²) in [6.07, 6.45) is 3.63. The molecule has 0 saturated heterocycles. The maximum atomic E-state index is 6.18. The molecule has 1 atom stereocenters. The molecule has 2 aromatic rings. The fourth-order valence-corrected chi connectivity index (χ4v) is 1.64. The van der Waals surface area contributed by atoms with Gasteiger partial charge in [-0.1, -0.05) is 30.3 Å². The molecule has 2 N–H and O–H groups in total. The van der Waals surface area contributed by atoms with Crippen molar-refractivity contribution in [1.82, 2.24) is 4.98 Å². The Balaban J connectivity index is 2.37. The van der Waals surface area contributed by atoms with E-state index < -0.39 is 0 Å². The summed E-state index contributed by atoms with van der Waals surface area (Å²) in [5.41, 5.74) is 9.56. The molecule has 0 radical (unpaired) electrons. The summed E-state index contributed by atoms with van der Waals surface area (Å²) >= 11 is 0. The topological polar surface area (TPSA) is 38.9 Å². The molecule has 0 aliphatic rings. The van der Waals surface area contributed by atoms with Gasteiger partial charge in [0.2, 0.25) is 0 Å². The van der Waals surface area contributed by atoms with Gasteiger partial charge in [0.05, 0.1) is 6.04 Å². The number of hydrogen-bond acceptors (Lipinski definition) is 2. The first-order chi connectivity index (χ1) is 7.29. The Hall–Kier alpha value is -1.67. The second-order valence-electron chi connectivity index (χ2n) is 3.62. The number of aryl methyl sites for hydroxylation is 1. The van der Waals surface area contributed by atoms with E-state index in [0.717, 1.165) is 11.1 Å². The van der Waals surface area contributed by atoms with Crippen LogP contribution in [0, 0.1) is 6.92 Å². The summed E-state index contributed by atoms with van der Waals surface area (Å²) in [6.45, 7) is 2.06. The third kappa shape index (κ3) is 2.05. The highest BCUT2D eigenvalue weighted by atomic mass is 14.7. The molecule has 1 unspecified atom stereocenters. The van der Waals surface area contributed by atoms with E-state index in [1.165, 1.54) is 5.56 Å². The molecule has 2 rings (SSSR count). The predicted octanol–water partition coefficient (Wildman–Crippen LogP) is 2.44. The molecular formula is C13H14N2. The third-order valence-corrected chi connectivity index (χ3v) is 2.57. The standard InChI is InChI=1S/C13H14N2/c1-10-7-8-15-9-12(10)13(14)11-5-3-2-4-6-11/h2-9,13H,14H2,1H3. The minimum atomic E-state index is -0.0834. The van der Waals surface area contributed by atoms with Gasteiger partial charge < -0.3 is 5.73 Å². The van der Waals surface area contributed by atoms with Gasteiger partial charge in [-0.25, -0.2) is 0 Å². The molecule has 76 valence electrons. The first kappa shape index (κ1) is 9.87. The molecule has 0 bridgehead atoms. The van der Waals surface area contributed by atoms with Gasteiger partial charge in [-0.05, 0) is 29.7 Å². The third-order valence-electron chi connectivity index (χ3n) is 2.57. The first-order valence-electron chi connectivity index (χ1n) is 5.00. The second-order valence-corrected chi connectivity index (χ2v) is 3.62. The summed E-state index contributed by atoms with van der Waals surface area (Å²) in [4.78, 5) is 4.11. The quantitative estimate of drug-likeness (QED) is 0.805. The number of aromatic nitrogens is 1. The zero-order valence-corrected chi connectivity index (χ0v) is 8.72. The van der Waals surface area contributed by atoms with E-state index in [0.29, 0.717) is 0 Å². The van der Waals surface area contributed by atoms with Gasteiger partial charge in [-0.2, -0.15) is 0 Å². The van der Waals surface area contributed by atoms with Crippen LogP contribution in [0.5, 0.6) is 0 Å². The van der Waals surface area contributed by atoms with E-state index in [1.54, 1.807) is 6.20 Å². The summed E-state index contributed by atoms with van der Waals surface area (Å²) in [5, 5.41) is 0. The Kier molecular flexibility index (Phi) is 2.79. The van der Waals surface area contributed by atoms with Gasteiger partial charge in [-0.3, -0.25) is 4.98 Å². The lowest BCUT2D eigenvalue weighted by Gasteiger charge is -2.14. The maximum absolute atomic E-state index is 6.18. The molecule has 0 aliphatic carbocycles. The average molecular weight is 198 g/mol. The minimum absolute atomic E-state index is 0.0834. The first-order valence-corrected chi connectivity index (χ1v) is 5.00. The van der Waals surface area contributed by atoms with Crippen LogP contribution >= 0.6 is 0 Å². The molecule has 2 nitrogen and oxygen atoms in total. The van der Waals surface area contributed by atoms with Crippen molar-refractivity contribution in [1.29, 1.82) is 0 Å². The van der Waals surface area contributed by atoms with Gasteiger partial charge >= 0.3 is 0 Å². The highest BCUT2D eigenvalue weighted by molar-refractivity contribution is 5.34. The molecule has 15 heavy (non-hydrogen) atoms. The molecule has 2 heteroatoms. The Bertz CT molecular complexity index is 437. The van der Waals surface area contributed by atoms with Crippen LogP contribution in [-0.2, 0) is 0 Å². The van der Waals surface area contributed by atoms with Gasteiger partial charge in [0, 0.05) is 12.4 Å². The van der Waals surface area contributed by atoms with Crippen molar-refractivity contribution in [3.05, 3.63) is 65.5 Å². The van der Waals surface area contributed by atoms with Crippen LogP contribution < -0.4 is 5.73 Å². The summed E-state index contributed by atoms with van der Waals surface area (Å²) < 4.78 is 0. The summed E-state index contributed by atoms with van der Waals surface area (Å²) in [6, 6.07) is 12.0. The smallest absolute Gasteiger partial charge is 0.0569 e. The lowest BCUT2D eigenvalue weighted by Crippen LogP contribution is -2.13. The largest absolute Gasteiger partial charge is 0.320 e. The van der Waals surface area contributed by atoms with Crippen LogP contribution in [0.4, 0.5) is 0 Å². The van der Waals surface area contributed by atoms with Gasteiger partial charge in [0.25, 0.3) is 0 Å². The van der Waals surface area contributed by atoms with Crippen LogP contribution in [-0.4, -0.2) is 4.98 Å². The average Bonchev–Trinajstić information content (AvgIpc) is 2.30. The van der Waals surface area contributed by atoms with Gasteiger partial charge in [0.15, 0.2) is 0 Å². The minimum Gasteiger partial charge on any atom is -0.320 e. The Morgan fingerprint density at radius 1 is 1.13 bits per heavy atom. The van der Waals surface area contributed by atoms with Crippen LogP contribution in [0.1, 0.15) is 22.7 Å². The van der Waals surface area contributed by atoms with Crippen LogP contribution in [0.3, 0.4) is 0 Å². The van der Waals surface area contributed by atoms with Crippen molar-refractivity contribution in [3.8, 4) is 0 Å². The van der Waals surface area contributed by atoms with E-state index in [4.69, 9.17) is 5.73 Å². The summed E-state index contributed by atoms with van der Waals surface area (Å²) in [5.74, 6) is 0. The summed E-state index contributed by atoms with van der Waals surface area (Å²) in [7, 11) is 0. The van der Waals surface area contributed by atoms with Crippen molar-refractivity contribution in [2.45, 2.75) is 13.0 Å². The second kappa shape index (κ2) is 4.24. The van der Waals surface area contributed by atoms with Crippen molar-refractivity contribution < 1.29 is 0 Å². The van der Waals surface area contributed by atoms with E-state index in [1.807, 2.05) is 42.6 Å². The van der Waals surface area contributed by atoms with E-state index in [2.05, 4.69) is 11.9 Å². The number of hydrogen-bond donors (Lipinski definition) is 1. The zero-order valence-electron chi connectivity index (χ0n) is 8.72. The predicted molar refractivity (Wildman–Crippen MR) is 61.4 cm³/mol. The number of pyridine rings is 1. The molecular weight excluding hydrogens is 184 g/mol. The molecule has 1 aromatic carbocycles. The molecule has 0 spiro atoms. The fourth-order valence-electron chi connectivity index (χ4n) is 1.64. The molecule has 0 amide bonds. The van der Waals surface area contributed by atoms with E-state index in [9.17, 15) is 0 Å². The van der Waals surface area contributed by atoms with Crippen molar-refractivity contribution in [2.75, 3.05) is 0 Å². The Morgan fingerprint density at radius 3 is 2.53 bits per heavy atom. The fraction of sp³-hybridized carbons (Fsp3) is 0.154. The van der Waals surface area contributed by atoms with Crippen molar-refractivity contribution in [2.24, 2.45) is 5.73 Å². The molecule has 1 aromatic heterocycles. The molecule has 0 fully saturated rings.